The van der Waals surface area contributed by atoms with E-state index in [2.05, 4.69) is 19.2 Å². The molecule has 3 unspecified atom stereocenters. The molecule has 1 N–H and O–H groups in total. The summed E-state index contributed by atoms with van der Waals surface area (Å²) in [6.45, 7) is 6.47. The first kappa shape index (κ1) is 15.4. The van der Waals surface area contributed by atoms with Crippen molar-refractivity contribution in [3.8, 4) is 0 Å². The Hall–Kier alpha value is -1.03. The van der Waals surface area contributed by atoms with E-state index in [0.29, 0.717) is 23.3 Å². The predicted octanol–water partition coefficient (Wildman–Crippen LogP) is 3.72. The second-order valence-electron chi connectivity index (χ2n) is 6.01. The van der Waals surface area contributed by atoms with Crippen LogP contribution in [0.5, 0.6) is 0 Å². The van der Waals surface area contributed by atoms with Crippen molar-refractivity contribution in [1.82, 2.24) is 0 Å². The summed E-state index contributed by atoms with van der Waals surface area (Å²) in [5.41, 5.74) is 1.02. The molecular weight excluding hydrogens is 270 g/mol. The Balaban J connectivity index is 2.06. The molecule has 4 heteroatoms. The Morgan fingerprint density at radius 3 is 2.30 bits per heavy atom. The molecule has 0 saturated heterocycles. The lowest BCUT2D eigenvalue weighted by atomic mass is 9.98. The first-order valence-electron chi connectivity index (χ1n) is 7.53. The lowest BCUT2D eigenvalue weighted by Gasteiger charge is -2.21. The van der Waals surface area contributed by atoms with Crippen molar-refractivity contribution in [3.63, 3.8) is 0 Å². The van der Waals surface area contributed by atoms with Crippen LogP contribution in [0.25, 0.3) is 0 Å². The molecule has 20 heavy (non-hydrogen) atoms. The molecule has 1 saturated carbocycles. The van der Waals surface area contributed by atoms with Crippen LogP contribution < -0.4 is 5.32 Å². The third kappa shape index (κ3) is 3.35. The molecule has 0 heterocycles. The van der Waals surface area contributed by atoms with E-state index in [1.54, 1.807) is 12.1 Å². The molecule has 1 fully saturated rings. The smallest absolute Gasteiger partial charge is 0.178 e. The molecule has 0 spiro atoms. The maximum Gasteiger partial charge on any atom is 0.178 e. The van der Waals surface area contributed by atoms with Gasteiger partial charge in [0.15, 0.2) is 9.84 Å². The van der Waals surface area contributed by atoms with Crippen LogP contribution in [0.1, 0.15) is 40.0 Å². The summed E-state index contributed by atoms with van der Waals surface area (Å²) >= 11 is 0. The van der Waals surface area contributed by atoms with Gasteiger partial charge in [-0.3, -0.25) is 0 Å². The molecule has 1 aliphatic rings. The van der Waals surface area contributed by atoms with Gasteiger partial charge in [0.05, 0.1) is 10.6 Å². The monoisotopic (exact) mass is 295 g/mol. The summed E-state index contributed by atoms with van der Waals surface area (Å²) < 4.78 is 23.9. The molecule has 1 aromatic rings. The highest BCUT2D eigenvalue weighted by Gasteiger charge is 2.29. The average Bonchev–Trinajstić information content (AvgIpc) is 2.71. The van der Waals surface area contributed by atoms with E-state index in [4.69, 9.17) is 0 Å². The standard InChI is InChI=1S/C16H25NO2S/c1-4-11-20(18,19)15-8-6-14(7-9-15)17-16-10-5-12(2)13(16)3/h6-9,12-13,16-17H,4-5,10-11H2,1-3H3. The summed E-state index contributed by atoms with van der Waals surface area (Å²) in [4.78, 5) is 0.428. The predicted molar refractivity (Wildman–Crippen MR) is 83.8 cm³/mol. The SMILES string of the molecule is CCCS(=O)(=O)c1ccc(NC2CCC(C)C2C)cc1. The molecule has 3 nitrogen and oxygen atoms in total. The van der Waals surface area contributed by atoms with Crippen molar-refractivity contribution < 1.29 is 8.42 Å². The van der Waals surface area contributed by atoms with Crippen LogP contribution in [0.15, 0.2) is 29.2 Å². The van der Waals surface area contributed by atoms with Gasteiger partial charge in [-0.1, -0.05) is 20.8 Å². The zero-order chi connectivity index (χ0) is 14.8. The van der Waals surface area contributed by atoms with Crippen molar-refractivity contribution in [2.24, 2.45) is 11.8 Å². The van der Waals surface area contributed by atoms with E-state index in [0.717, 1.165) is 11.6 Å². The molecular formula is C16H25NO2S. The van der Waals surface area contributed by atoms with Crippen molar-refractivity contribution in [3.05, 3.63) is 24.3 Å². The molecule has 3 atom stereocenters. The highest BCUT2D eigenvalue weighted by Crippen LogP contribution is 2.33. The van der Waals surface area contributed by atoms with E-state index in [9.17, 15) is 8.42 Å². The van der Waals surface area contributed by atoms with Crippen LogP contribution in [0.2, 0.25) is 0 Å². The summed E-state index contributed by atoms with van der Waals surface area (Å²) in [6, 6.07) is 7.71. The van der Waals surface area contributed by atoms with Crippen molar-refractivity contribution >= 4 is 15.5 Å². The third-order valence-electron chi connectivity index (χ3n) is 4.50. The molecule has 1 aromatic carbocycles. The summed E-state index contributed by atoms with van der Waals surface area (Å²) in [6.07, 6.45) is 3.11. The van der Waals surface area contributed by atoms with Gasteiger partial charge in [0, 0.05) is 11.7 Å². The van der Waals surface area contributed by atoms with Crippen LogP contribution in [0.3, 0.4) is 0 Å². The van der Waals surface area contributed by atoms with E-state index >= 15 is 0 Å². The number of nitrogens with one attached hydrogen (secondary N) is 1. The molecule has 0 aliphatic heterocycles. The lowest BCUT2D eigenvalue weighted by molar-refractivity contribution is 0.435. The normalized spacial score (nSPS) is 26.6. The molecule has 0 amide bonds. The number of benzene rings is 1. The summed E-state index contributed by atoms with van der Waals surface area (Å²) in [5.74, 6) is 1.65. The number of rotatable bonds is 5. The third-order valence-corrected chi connectivity index (χ3v) is 6.44. The zero-order valence-electron chi connectivity index (χ0n) is 12.6. The first-order chi connectivity index (χ1) is 9.44. The average molecular weight is 295 g/mol. The Kier molecular flexibility index (Phi) is 4.74. The fourth-order valence-corrected chi connectivity index (χ4v) is 4.25. The fraction of sp³-hybridized carbons (Fsp3) is 0.625. The van der Waals surface area contributed by atoms with Crippen LogP contribution >= 0.6 is 0 Å². The fourth-order valence-electron chi connectivity index (χ4n) is 2.93. The minimum absolute atomic E-state index is 0.219. The van der Waals surface area contributed by atoms with Crippen molar-refractivity contribution in [2.45, 2.75) is 51.0 Å². The highest BCUT2D eigenvalue weighted by molar-refractivity contribution is 7.91. The summed E-state index contributed by atoms with van der Waals surface area (Å²) in [7, 11) is -3.10. The van der Waals surface area contributed by atoms with Gasteiger partial charge in [-0.25, -0.2) is 8.42 Å². The van der Waals surface area contributed by atoms with Crippen molar-refractivity contribution in [1.29, 1.82) is 0 Å². The number of hydrogen-bond donors (Lipinski definition) is 1. The van der Waals surface area contributed by atoms with Gasteiger partial charge in [-0.05, 0) is 55.4 Å². The molecule has 0 bridgehead atoms. The van der Waals surface area contributed by atoms with Gasteiger partial charge >= 0.3 is 0 Å². The van der Waals surface area contributed by atoms with Crippen LogP contribution in [-0.4, -0.2) is 20.2 Å². The van der Waals surface area contributed by atoms with Crippen molar-refractivity contribution in [2.75, 3.05) is 11.1 Å². The Labute approximate surface area is 122 Å². The lowest BCUT2D eigenvalue weighted by Crippen LogP contribution is -2.23. The molecule has 1 aliphatic carbocycles. The molecule has 0 aromatic heterocycles. The van der Waals surface area contributed by atoms with E-state index < -0.39 is 9.84 Å². The maximum atomic E-state index is 12.0. The molecule has 0 radical (unpaired) electrons. The second-order valence-corrected chi connectivity index (χ2v) is 8.12. The zero-order valence-corrected chi connectivity index (χ0v) is 13.4. The largest absolute Gasteiger partial charge is 0.382 e. The maximum absolute atomic E-state index is 12.0. The van der Waals surface area contributed by atoms with Gasteiger partial charge in [0.25, 0.3) is 0 Å². The van der Waals surface area contributed by atoms with Gasteiger partial charge in [-0.2, -0.15) is 0 Å². The quantitative estimate of drug-likeness (QED) is 0.900. The summed E-state index contributed by atoms with van der Waals surface area (Å²) in [5, 5.41) is 3.54. The highest BCUT2D eigenvalue weighted by atomic mass is 32.2. The van der Waals surface area contributed by atoms with Gasteiger partial charge < -0.3 is 5.32 Å². The van der Waals surface area contributed by atoms with Gasteiger partial charge in [0.2, 0.25) is 0 Å². The Bertz CT molecular complexity index is 536. The van der Waals surface area contributed by atoms with E-state index in [1.165, 1.54) is 12.8 Å². The van der Waals surface area contributed by atoms with Crippen LogP contribution in [0, 0.1) is 11.8 Å². The first-order valence-corrected chi connectivity index (χ1v) is 9.18. The second kappa shape index (κ2) is 6.17. The Morgan fingerprint density at radius 1 is 1.15 bits per heavy atom. The number of hydrogen-bond acceptors (Lipinski definition) is 3. The molecule has 2 rings (SSSR count). The van der Waals surface area contributed by atoms with E-state index in [1.807, 2.05) is 19.1 Å². The minimum atomic E-state index is -3.10. The molecule has 112 valence electrons. The topological polar surface area (TPSA) is 46.2 Å². The van der Waals surface area contributed by atoms with Gasteiger partial charge in [0.1, 0.15) is 0 Å². The minimum Gasteiger partial charge on any atom is -0.382 e. The van der Waals surface area contributed by atoms with Crippen LogP contribution in [0.4, 0.5) is 5.69 Å². The number of sulfone groups is 1. The Morgan fingerprint density at radius 2 is 1.80 bits per heavy atom. The van der Waals surface area contributed by atoms with Gasteiger partial charge in [-0.15, -0.1) is 0 Å². The van der Waals surface area contributed by atoms with E-state index in [-0.39, 0.29) is 5.75 Å². The number of anilines is 1. The van der Waals surface area contributed by atoms with Crippen LogP contribution in [-0.2, 0) is 9.84 Å².